The Kier molecular flexibility index (Phi) is 3.99. The predicted octanol–water partition coefficient (Wildman–Crippen LogP) is 5.59. The molecule has 0 saturated heterocycles. The lowest BCUT2D eigenvalue weighted by Crippen LogP contribution is -2.51. The van der Waals surface area contributed by atoms with E-state index in [4.69, 9.17) is 0 Å². The highest BCUT2D eigenvalue weighted by Gasteiger charge is 2.58. The first-order chi connectivity index (χ1) is 14.6. The van der Waals surface area contributed by atoms with Crippen LogP contribution in [0.5, 0.6) is 0 Å². The Hall–Kier alpha value is -2.13. The number of carbonyl (C=O) groups excluding carboxylic acids is 1. The maximum Gasteiger partial charge on any atom is 0.130 e. The summed E-state index contributed by atoms with van der Waals surface area (Å²) in [4.78, 5) is 12.5. The molecule has 3 heteroatoms. The Morgan fingerprint density at radius 2 is 1.93 bits per heavy atom. The van der Waals surface area contributed by atoms with Gasteiger partial charge in [-0.15, -0.1) is 0 Å². The molecular weight excluding hydrogens is 370 g/mol. The van der Waals surface area contributed by atoms with E-state index in [2.05, 4.69) is 60.2 Å². The van der Waals surface area contributed by atoms with Crippen molar-refractivity contribution >= 4 is 22.9 Å². The van der Waals surface area contributed by atoms with Crippen LogP contribution in [0.4, 0.5) is 0 Å². The molecule has 6 atom stereocenters. The van der Waals surface area contributed by atoms with Crippen molar-refractivity contribution < 1.29 is 9.90 Å². The highest BCUT2D eigenvalue weighted by molar-refractivity contribution is 5.84. The summed E-state index contributed by atoms with van der Waals surface area (Å²) in [5, 5.41) is 11.5. The van der Waals surface area contributed by atoms with Gasteiger partial charge in [0.15, 0.2) is 0 Å². The van der Waals surface area contributed by atoms with Gasteiger partial charge in [-0.3, -0.25) is 0 Å². The summed E-state index contributed by atoms with van der Waals surface area (Å²) in [5.74, 6) is 1.59. The van der Waals surface area contributed by atoms with Crippen molar-refractivity contribution in [2.75, 3.05) is 0 Å². The lowest BCUT2D eigenvalue weighted by atomic mass is 9.47. The molecule has 30 heavy (non-hydrogen) atoms. The third kappa shape index (κ3) is 2.33. The Morgan fingerprint density at radius 1 is 1.07 bits per heavy atom. The molecule has 0 spiro atoms. The van der Waals surface area contributed by atoms with E-state index in [0.29, 0.717) is 24.2 Å². The van der Waals surface area contributed by atoms with Crippen molar-refractivity contribution in [1.82, 2.24) is 4.57 Å². The van der Waals surface area contributed by atoms with Crippen LogP contribution in [0.3, 0.4) is 0 Å². The molecule has 4 aliphatic rings. The minimum Gasteiger partial charge on any atom is -0.393 e. The number of aldehydes is 1. The molecule has 0 radical (unpaired) electrons. The molecule has 3 unspecified atom stereocenters. The van der Waals surface area contributed by atoms with E-state index < -0.39 is 0 Å². The largest absolute Gasteiger partial charge is 0.393 e. The van der Waals surface area contributed by atoms with E-state index in [1.807, 2.05) is 0 Å². The minimum atomic E-state index is -0.313. The van der Waals surface area contributed by atoms with E-state index in [0.717, 1.165) is 38.5 Å². The van der Waals surface area contributed by atoms with Gasteiger partial charge in [0.1, 0.15) is 6.29 Å². The van der Waals surface area contributed by atoms with Gasteiger partial charge in [0.05, 0.1) is 17.0 Å². The third-order valence-electron chi connectivity index (χ3n) is 9.29. The van der Waals surface area contributed by atoms with E-state index in [-0.39, 0.29) is 16.9 Å². The summed E-state index contributed by atoms with van der Waals surface area (Å²) >= 11 is 0. The summed E-state index contributed by atoms with van der Waals surface area (Å²) in [6.45, 7) is 2.47. The van der Waals surface area contributed by atoms with Crippen molar-refractivity contribution in [1.29, 1.82) is 0 Å². The standard InChI is InChI=1S/C27H31NO2/c1-26-13-11-23-21(7-6-19-16-20(30)10-14-27(19,23)17-29)22(26)8-9-25(26)28-15-12-18-4-2-3-5-24(18)28/h2-6,9,12,15,17,20-23,30H,7-8,10-11,13-14,16H2,1H3/t20-,21?,22?,23?,26-,27+/m0/s1. The second-order valence-corrected chi connectivity index (χ2v) is 10.4. The van der Waals surface area contributed by atoms with Crippen LogP contribution >= 0.6 is 0 Å². The fourth-order valence-electron chi connectivity index (χ4n) is 7.78. The van der Waals surface area contributed by atoms with Crippen molar-refractivity contribution in [3.63, 3.8) is 0 Å². The number of aromatic nitrogens is 1. The number of aliphatic hydroxyl groups is 1. The number of hydrogen-bond acceptors (Lipinski definition) is 2. The van der Waals surface area contributed by atoms with E-state index in [1.165, 1.54) is 28.5 Å². The monoisotopic (exact) mass is 401 g/mol. The third-order valence-corrected chi connectivity index (χ3v) is 9.29. The number of hydrogen-bond donors (Lipinski definition) is 1. The van der Waals surface area contributed by atoms with Crippen LogP contribution in [0.15, 0.2) is 54.3 Å². The maximum atomic E-state index is 12.5. The first-order valence-electron chi connectivity index (χ1n) is 11.7. The maximum absolute atomic E-state index is 12.5. The minimum absolute atomic E-state index is 0.159. The number of fused-ring (bicyclic) bond motifs is 6. The Bertz CT molecular complexity index is 1080. The number of benzene rings is 1. The SMILES string of the molecule is C[C@]12CCC3C(CC=C4C[C@@H](O)CC[C@@]43C=O)C1CC=C2n1ccc2ccccc21. The number of aliphatic hydroxyl groups excluding tert-OH is 1. The molecular formula is C27H31NO2. The average molecular weight is 402 g/mol. The quantitative estimate of drug-likeness (QED) is 0.526. The molecule has 0 bridgehead atoms. The highest BCUT2D eigenvalue weighted by Crippen LogP contribution is 2.65. The molecule has 4 aliphatic carbocycles. The smallest absolute Gasteiger partial charge is 0.130 e. The fourth-order valence-corrected chi connectivity index (χ4v) is 7.78. The number of nitrogens with zero attached hydrogens (tertiary/aromatic N) is 1. The van der Waals surface area contributed by atoms with Gasteiger partial charge < -0.3 is 14.5 Å². The highest BCUT2D eigenvalue weighted by atomic mass is 16.3. The molecule has 6 rings (SSSR count). The summed E-state index contributed by atoms with van der Waals surface area (Å²) in [5.41, 5.74) is 3.84. The molecule has 1 heterocycles. The normalized spacial score (nSPS) is 40.2. The molecule has 2 fully saturated rings. The number of carbonyl (C=O) groups is 1. The number of para-hydroxylation sites is 1. The Morgan fingerprint density at radius 3 is 2.80 bits per heavy atom. The summed E-state index contributed by atoms with van der Waals surface area (Å²) in [6.07, 6.45) is 14.8. The zero-order chi connectivity index (χ0) is 20.5. The summed E-state index contributed by atoms with van der Waals surface area (Å²) < 4.78 is 2.42. The van der Waals surface area contributed by atoms with Crippen molar-refractivity contribution in [3.05, 3.63) is 54.3 Å². The van der Waals surface area contributed by atoms with Crippen LogP contribution in [0.25, 0.3) is 16.6 Å². The van der Waals surface area contributed by atoms with Crippen molar-refractivity contribution in [2.45, 2.75) is 58.0 Å². The van der Waals surface area contributed by atoms with E-state index >= 15 is 0 Å². The Balaban J connectivity index is 1.38. The molecule has 2 aromatic rings. The van der Waals surface area contributed by atoms with Gasteiger partial charge in [-0.25, -0.2) is 0 Å². The lowest BCUT2D eigenvalue weighted by molar-refractivity contribution is -0.125. The van der Waals surface area contributed by atoms with Crippen LogP contribution in [-0.4, -0.2) is 22.1 Å². The molecule has 0 aliphatic heterocycles. The van der Waals surface area contributed by atoms with Gasteiger partial charge in [-0.1, -0.05) is 42.8 Å². The van der Waals surface area contributed by atoms with Crippen LogP contribution < -0.4 is 0 Å². The topological polar surface area (TPSA) is 42.2 Å². The zero-order valence-electron chi connectivity index (χ0n) is 17.8. The van der Waals surface area contributed by atoms with Gasteiger partial charge >= 0.3 is 0 Å². The molecule has 156 valence electrons. The molecule has 1 aromatic heterocycles. The van der Waals surface area contributed by atoms with Crippen molar-refractivity contribution in [2.24, 2.45) is 28.6 Å². The van der Waals surface area contributed by atoms with Crippen molar-refractivity contribution in [3.8, 4) is 0 Å². The first kappa shape index (κ1) is 18.6. The number of allylic oxidation sites excluding steroid dienone is 3. The summed E-state index contributed by atoms with van der Waals surface area (Å²) in [7, 11) is 0. The van der Waals surface area contributed by atoms with E-state index in [9.17, 15) is 9.90 Å². The van der Waals surface area contributed by atoms with Crippen LogP contribution in [0.2, 0.25) is 0 Å². The first-order valence-corrected chi connectivity index (χ1v) is 11.7. The molecule has 0 amide bonds. The van der Waals surface area contributed by atoms with Gasteiger partial charge in [0.2, 0.25) is 0 Å². The number of rotatable bonds is 2. The molecule has 1 N–H and O–H groups in total. The van der Waals surface area contributed by atoms with E-state index in [1.54, 1.807) is 0 Å². The van der Waals surface area contributed by atoms with Gasteiger partial charge in [-0.05, 0) is 80.2 Å². The molecule has 3 nitrogen and oxygen atoms in total. The lowest BCUT2D eigenvalue weighted by Gasteiger charge is -2.56. The van der Waals surface area contributed by atoms with Gasteiger partial charge in [0, 0.05) is 17.3 Å². The Labute approximate surface area is 178 Å². The molecule has 1 aromatic carbocycles. The second kappa shape index (κ2) is 6.43. The van der Waals surface area contributed by atoms with Crippen LogP contribution in [0, 0.1) is 28.6 Å². The van der Waals surface area contributed by atoms with Crippen LogP contribution in [-0.2, 0) is 4.79 Å². The van der Waals surface area contributed by atoms with Crippen LogP contribution in [0.1, 0.15) is 51.9 Å². The average Bonchev–Trinajstić information content (AvgIpc) is 3.33. The zero-order valence-corrected chi connectivity index (χ0v) is 17.8. The molecule has 2 saturated carbocycles. The van der Waals surface area contributed by atoms with Gasteiger partial charge in [0.25, 0.3) is 0 Å². The predicted molar refractivity (Wildman–Crippen MR) is 120 cm³/mol. The fraction of sp³-hybridized carbons (Fsp3) is 0.519. The van der Waals surface area contributed by atoms with Gasteiger partial charge in [-0.2, -0.15) is 0 Å². The summed E-state index contributed by atoms with van der Waals surface area (Å²) in [6, 6.07) is 10.9. The second-order valence-electron chi connectivity index (χ2n) is 10.4.